The molecule has 1 N–H and O–H groups in total. The second-order valence-corrected chi connectivity index (χ2v) is 7.09. The Kier molecular flexibility index (Phi) is 4.86. The van der Waals surface area contributed by atoms with Crippen LogP contribution in [0.25, 0.3) is 11.1 Å². The lowest BCUT2D eigenvalue weighted by molar-refractivity contribution is -0.0731. The molecule has 1 aromatic heterocycles. The van der Waals surface area contributed by atoms with Crippen LogP contribution in [0.1, 0.15) is 27.0 Å². The van der Waals surface area contributed by atoms with Crippen molar-refractivity contribution in [3.8, 4) is 16.9 Å². The maximum Gasteiger partial charge on any atom is 0.219 e. The van der Waals surface area contributed by atoms with Crippen molar-refractivity contribution in [2.45, 2.75) is 33.1 Å². The second kappa shape index (κ2) is 7.07. The minimum atomic E-state index is -0.747. The molecule has 0 aliphatic rings. The Morgan fingerprint density at radius 3 is 2.16 bits per heavy atom. The molecule has 0 spiro atoms. The molecule has 0 fully saturated rings. The molecule has 0 aliphatic heterocycles. The third kappa shape index (κ3) is 4.06. The number of aliphatic hydroxyl groups is 1. The van der Waals surface area contributed by atoms with E-state index in [1.165, 1.54) is 6.33 Å². The van der Waals surface area contributed by atoms with E-state index in [-0.39, 0.29) is 5.41 Å². The molecule has 0 saturated carbocycles. The molecule has 2 atom stereocenters. The standard InChI is InChI=1S/C20H23N3O2/c1-20(2,3)18(24)19(23-14-21-13-22-23)25-17-11-9-16(10-12-17)15-7-5-4-6-8-15/h4-14,18-19,24H,1-3H3/t18-,19-/m1/s1. The number of benzene rings is 2. The van der Waals surface area contributed by atoms with E-state index < -0.39 is 12.3 Å². The normalized spacial score (nSPS) is 14.1. The zero-order valence-electron chi connectivity index (χ0n) is 14.7. The summed E-state index contributed by atoms with van der Waals surface area (Å²) >= 11 is 0. The number of rotatable bonds is 5. The van der Waals surface area contributed by atoms with E-state index in [9.17, 15) is 5.11 Å². The van der Waals surface area contributed by atoms with Gasteiger partial charge in [-0.2, -0.15) is 5.10 Å². The van der Waals surface area contributed by atoms with Gasteiger partial charge in [-0.05, 0) is 28.7 Å². The summed E-state index contributed by atoms with van der Waals surface area (Å²) in [7, 11) is 0. The van der Waals surface area contributed by atoms with E-state index in [0.29, 0.717) is 5.75 Å². The van der Waals surface area contributed by atoms with Gasteiger partial charge in [-0.15, -0.1) is 0 Å². The van der Waals surface area contributed by atoms with Crippen LogP contribution in [0.15, 0.2) is 67.3 Å². The van der Waals surface area contributed by atoms with Gasteiger partial charge in [0.1, 0.15) is 24.5 Å². The van der Waals surface area contributed by atoms with E-state index in [4.69, 9.17) is 4.74 Å². The van der Waals surface area contributed by atoms with Gasteiger partial charge < -0.3 is 9.84 Å². The lowest BCUT2D eigenvalue weighted by Crippen LogP contribution is -2.38. The summed E-state index contributed by atoms with van der Waals surface area (Å²) in [6.45, 7) is 5.89. The highest BCUT2D eigenvalue weighted by Gasteiger charge is 2.34. The third-order valence-corrected chi connectivity index (χ3v) is 4.07. The van der Waals surface area contributed by atoms with Gasteiger partial charge >= 0.3 is 0 Å². The van der Waals surface area contributed by atoms with Crippen LogP contribution >= 0.6 is 0 Å². The quantitative estimate of drug-likeness (QED) is 0.766. The van der Waals surface area contributed by atoms with E-state index in [1.807, 2.05) is 63.2 Å². The SMILES string of the molecule is CC(C)(C)[C@H](O)[C@@H](Oc1ccc(-c2ccccc2)cc1)n1cncn1. The maximum absolute atomic E-state index is 10.7. The summed E-state index contributed by atoms with van der Waals surface area (Å²) in [5.74, 6) is 0.670. The van der Waals surface area contributed by atoms with Crippen LogP contribution < -0.4 is 4.74 Å². The molecule has 0 amide bonds. The zero-order chi connectivity index (χ0) is 17.9. The fraction of sp³-hybridized carbons (Fsp3) is 0.300. The van der Waals surface area contributed by atoms with Crippen molar-refractivity contribution in [3.05, 3.63) is 67.3 Å². The Morgan fingerprint density at radius 1 is 0.960 bits per heavy atom. The molecule has 0 radical (unpaired) electrons. The molecule has 0 aliphatic carbocycles. The fourth-order valence-corrected chi connectivity index (χ4v) is 2.54. The maximum atomic E-state index is 10.7. The van der Waals surface area contributed by atoms with Crippen LogP contribution in [0.2, 0.25) is 0 Å². The van der Waals surface area contributed by atoms with Crippen LogP contribution in [0.5, 0.6) is 5.75 Å². The Morgan fingerprint density at radius 2 is 1.60 bits per heavy atom. The van der Waals surface area contributed by atoms with Crippen molar-refractivity contribution < 1.29 is 9.84 Å². The van der Waals surface area contributed by atoms with Gasteiger partial charge in [-0.25, -0.2) is 9.67 Å². The van der Waals surface area contributed by atoms with Crippen molar-refractivity contribution in [3.63, 3.8) is 0 Å². The van der Waals surface area contributed by atoms with Gasteiger partial charge in [-0.1, -0.05) is 63.2 Å². The largest absolute Gasteiger partial charge is 0.466 e. The van der Waals surface area contributed by atoms with Gasteiger partial charge in [0.05, 0.1) is 0 Å². The summed E-state index contributed by atoms with van der Waals surface area (Å²) in [4.78, 5) is 3.96. The lowest BCUT2D eigenvalue weighted by Gasteiger charge is -2.32. The lowest BCUT2D eigenvalue weighted by atomic mass is 9.88. The molecular weight excluding hydrogens is 314 g/mol. The fourth-order valence-electron chi connectivity index (χ4n) is 2.54. The molecule has 3 rings (SSSR count). The van der Waals surface area contributed by atoms with E-state index in [1.54, 1.807) is 11.0 Å². The zero-order valence-corrected chi connectivity index (χ0v) is 14.7. The Bertz CT molecular complexity index is 778. The first-order valence-corrected chi connectivity index (χ1v) is 8.29. The van der Waals surface area contributed by atoms with Crippen LogP contribution in [0, 0.1) is 5.41 Å². The van der Waals surface area contributed by atoms with Crippen molar-refractivity contribution in [1.82, 2.24) is 14.8 Å². The smallest absolute Gasteiger partial charge is 0.219 e. The second-order valence-electron chi connectivity index (χ2n) is 7.09. The van der Waals surface area contributed by atoms with Gasteiger partial charge in [0.15, 0.2) is 0 Å². The number of hydrogen-bond donors (Lipinski definition) is 1. The Balaban J connectivity index is 1.83. The highest BCUT2D eigenvalue weighted by Crippen LogP contribution is 2.31. The third-order valence-electron chi connectivity index (χ3n) is 4.07. The molecule has 130 valence electrons. The predicted octanol–water partition coefficient (Wildman–Crippen LogP) is 3.93. The van der Waals surface area contributed by atoms with Gasteiger partial charge in [0, 0.05) is 0 Å². The minimum absolute atomic E-state index is 0.361. The number of hydrogen-bond acceptors (Lipinski definition) is 4. The summed E-state index contributed by atoms with van der Waals surface area (Å²) in [6.07, 6.45) is 1.59. The topological polar surface area (TPSA) is 60.2 Å². The highest BCUT2D eigenvalue weighted by atomic mass is 16.5. The molecule has 3 aromatic rings. The average molecular weight is 337 g/mol. The van der Waals surface area contributed by atoms with E-state index >= 15 is 0 Å². The molecule has 2 aromatic carbocycles. The summed E-state index contributed by atoms with van der Waals surface area (Å²) in [6, 6.07) is 18.0. The van der Waals surface area contributed by atoms with Gasteiger partial charge in [-0.3, -0.25) is 0 Å². The first-order valence-electron chi connectivity index (χ1n) is 8.29. The highest BCUT2D eigenvalue weighted by molar-refractivity contribution is 5.63. The van der Waals surface area contributed by atoms with Crippen LogP contribution in [-0.4, -0.2) is 26.0 Å². The molecule has 25 heavy (non-hydrogen) atoms. The first kappa shape index (κ1) is 17.2. The van der Waals surface area contributed by atoms with Crippen LogP contribution in [0.4, 0.5) is 0 Å². The minimum Gasteiger partial charge on any atom is -0.466 e. The molecular formula is C20H23N3O2. The Hall–Kier alpha value is -2.66. The molecule has 0 bridgehead atoms. The van der Waals surface area contributed by atoms with Gasteiger partial charge in [0.25, 0.3) is 0 Å². The number of nitrogens with zero attached hydrogens (tertiary/aromatic N) is 3. The summed E-state index contributed by atoms with van der Waals surface area (Å²) in [5, 5.41) is 14.8. The first-order chi connectivity index (χ1) is 11.9. The van der Waals surface area contributed by atoms with Crippen molar-refractivity contribution in [2.75, 3.05) is 0 Å². The van der Waals surface area contributed by atoms with Crippen molar-refractivity contribution >= 4 is 0 Å². The Labute approximate surface area is 147 Å². The van der Waals surface area contributed by atoms with Crippen molar-refractivity contribution in [2.24, 2.45) is 5.41 Å². The molecule has 5 heteroatoms. The molecule has 1 heterocycles. The van der Waals surface area contributed by atoms with Crippen LogP contribution in [-0.2, 0) is 0 Å². The van der Waals surface area contributed by atoms with Crippen LogP contribution in [0.3, 0.4) is 0 Å². The monoisotopic (exact) mass is 337 g/mol. The van der Waals surface area contributed by atoms with E-state index in [0.717, 1.165) is 11.1 Å². The molecule has 0 unspecified atom stereocenters. The molecule has 5 nitrogen and oxygen atoms in total. The summed E-state index contributed by atoms with van der Waals surface area (Å²) in [5.41, 5.74) is 1.90. The number of ether oxygens (including phenoxy) is 1. The van der Waals surface area contributed by atoms with E-state index in [2.05, 4.69) is 22.2 Å². The predicted molar refractivity (Wildman–Crippen MR) is 97.0 cm³/mol. The number of aliphatic hydroxyl groups excluding tert-OH is 1. The number of aromatic nitrogens is 3. The summed E-state index contributed by atoms with van der Waals surface area (Å²) < 4.78 is 7.59. The molecule has 0 saturated heterocycles. The van der Waals surface area contributed by atoms with Gasteiger partial charge in [0.2, 0.25) is 6.23 Å². The van der Waals surface area contributed by atoms with Crippen molar-refractivity contribution in [1.29, 1.82) is 0 Å². The average Bonchev–Trinajstić information content (AvgIpc) is 3.14.